The summed E-state index contributed by atoms with van der Waals surface area (Å²) in [6, 6.07) is 50.7. The van der Waals surface area contributed by atoms with Gasteiger partial charge in [0.05, 0.1) is 5.52 Å². The van der Waals surface area contributed by atoms with Gasteiger partial charge < -0.3 is 9.80 Å². The Hall–Kier alpha value is -4.96. The first-order valence-electron chi connectivity index (χ1n) is 13.7. The molecule has 0 atom stereocenters. The lowest BCUT2D eigenvalue weighted by atomic mass is 10.1. The van der Waals surface area contributed by atoms with E-state index in [1.807, 2.05) is 0 Å². The van der Waals surface area contributed by atoms with Gasteiger partial charge in [0, 0.05) is 31.6 Å². The van der Waals surface area contributed by atoms with Crippen molar-refractivity contribution in [3.05, 3.63) is 168 Å². The zero-order valence-corrected chi connectivity index (χ0v) is 22.5. The summed E-state index contributed by atoms with van der Waals surface area (Å²) in [7, 11) is 0. The second-order valence-corrected chi connectivity index (χ2v) is 10.0. The van der Waals surface area contributed by atoms with Crippen LogP contribution in [0.1, 0.15) is 22.3 Å². The molecule has 0 amide bonds. The van der Waals surface area contributed by atoms with Gasteiger partial charge in [0.2, 0.25) is 5.95 Å². The molecular formula is C36H32N4. The normalized spacial score (nSPS) is 10.9. The summed E-state index contributed by atoms with van der Waals surface area (Å²) >= 11 is 0. The van der Waals surface area contributed by atoms with Gasteiger partial charge in [-0.05, 0) is 34.4 Å². The van der Waals surface area contributed by atoms with E-state index in [0.29, 0.717) is 13.1 Å². The average Bonchev–Trinajstić information content (AvgIpc) is 3.02. The first-order chi connectivity index (χ1) is 19.8. The molecule has 40 heavy (non-hydrogen) atoms. The molecule has 0 aliphatic rings. The van der Waals surface area contributed by atoms with Crippen molar-refractivity contribution in [2.75, 3.05) is 9.80 Å². The Kier molecular flexibility index (Phi) is 7.77. The predicted octanol–water partition coefficient (Wildman–Crippen LogP) is 8.04. The van der Waals surface area contributed by atoms with Gasteiger partial charge in [-0.2, -0.15) is 4.98 Å². The molecule has 0 saturated carbocycles. The van der Waals surface area contributed by atoms with Gasteiger partial charge in [0.15, 0.2) is 0 Å². The molecule has 0 radical (unpaired) electrons. The molecule has 0 bridgehead atoms. The average molecular weight is 521 g/mol. The molecule has 0 N–H and O–H groups in total. The van der Waals surface area contributed by atoms with E-state index < -0.39 is 0 Å². The Labute approximate surface area is 236 Å². The Morgan fingerprint density at radius 2 is 0.750 bits per heavy atom. The monoisotopic (exact) mass is 520 g/mol. The number of hydrogen-bond acceptors (Lipinski definition) is 4. The van der Waals surface area contributed by atoms with Gasteiger partial charge in [0.1, 0.15) is 5.82 Å². The fraction of sp³-hybridized carbons (Fsp3) is 0.111. The second kappa shape index (κ2) is 12.3. The van der Waals surface area contributed by atoms with E-state index in [0.717, 1.165) is 35.8 Å². The molecule has 196 valence electrons. The first kappa shape index (κ1) is 25.3. The van der Waals surface area contributed by atoms with Gasteiger partial charge in [-0.3, -0.25) is 0 Å². The zero-order chi connectivity index (χ0) is 27.0. The maximum Gasteiger partial charge on any atom is 0.228 e. The second-order valence-electron chi connectivity index (χ2n) is 10.0. The van der Waals surface area contributed by atoms with Crippen LogP contribution in [0, 0.1) is 0 Å². The van der Waals surface area contributed by atoms with E-state index in [-0.39, 0.29) is 0 Å². The third-order valence-electron chi connectivity index (χ3n) is 7.02. The van der Waals surface area contributed by atoms with Crippen LogP contribution in [0.4, 0.5) is 11.8 Å². The highest BCUT2D eigenvalue weighted by atomic mass is 15.3. The highest BCUT2D eigenvalue weighted by Crippen LogP contribution is 2.30. The van der Waals surface area contributed by atoms with Crippen molar-refractivity contribution in [3.8, 4) is 0 Å². The number of nitrogens with zero attached hydrogens (tertiary/aromatic N) is 4. The standard InChI is InChI=1S/C36H32N4/c1-5-15-29(16-6-1)25-39(26-30-17-7-2-8-18-30)35-33-23-13-14-24-34(33)37-36(38-35)40(27-31-19-9-3-10-20-31)28-32-21-11-4-12-22-32/h1-24H,25-28H2. The quantitative estimate of drug-likeness (QED) is 0.183. The number of para-hydroxylation sites is 1. The minimum absolute atomic E-state index is 0.713. The Bertz CT molecular complexity index is 1560. The topological polar surface area (TPSA) is 32.3 Å². The zero-order valence-electron chi connectivity index (χ0n) is 22.5. The van der Waals surface area contributed by atoms with Crippen molar-refractivity contribution < 1.29 is 0 Å². The molecule has 4 heteroatoms. The fourth-order valence-electron chi connectivity index (χ4n) is 5.05. The Morgan fingerprint density at radius 3 is 1.20 bits per heavy atom. The number of benzene rings is 5. The lowest BCUT2D eigenvalue weighted by molar-refractivity contribution is 0.749. The van der Waals surface area contributed by atoms with Crippen molar-refractivity contribution in [1.29, 1.82) is 0 Å². The summed E-state index contributed by atoms with van der Waals surface area (Å²) in [5, 5.41) is 1.05. The van der Waals surface area contributed by atoms with E-state index in [1.54, 1.807) is 0 Å². The van der Waals surface area contributed by atoms with E-state index in [2.05, 4.69) is 155 Å². The molecule has 0 unspecified atom stereocenters. The first-order valence-corrected chi connectivity index (χ1v) is 13.7. The molecule has 0 saturated heterocycles. The third-order valence-corrected chi connectivity index (χ3v) is 7.02. The number of fused-ring (bicyclic) bond motifs is 1. The molecule has 1 heterocycles. The van der Waals surface area contributed by atoms with E-state index in [4.69, 9.17) is 9.97 Å². The number of anilines is 2. The predicted molar refractivity (Wildman–Crippen MR) is 165 cm³/mol. The molecule has 5 aromatic carbocycles. The minimum atomic E-state index is 0.713. The Balaban J connectivity index is 1.46. The van der Waals surface area contributed by atoms with Gasteiger partial charge in [-0.15, -0.1) is 0 Å². The molecule has 0 aliphatic heterocycles. The number of hydrogen-bond donors (Lipinski definition) is 0. The summed E-state index contributed by atoms with van der Waals surface area (Å²) in [5.74, 6) is 1.67. The van der Waals surface area contributed by atoms with Crippen molar-refractivity contribution in [3.63, 3.8) is 0 Å². The molecule has 1 aromatic heterocycles. The number of aromatic nitrogens is 2. The summed E-state index contributed by atoms with van der Waals surface area (Å²) in [5.41, 5.74) is 5.88. The van der Waals surface area contributed by atoms with Crippen LogP contribution in [0.3, 0.4) is 0 Å². The van der Waals surface area contributed by atoms with Crippen LogP contribution in [-0.4, -0.2) is 9.97 Å². The highest BCUT2D eigenvalue weighted by Gasteiger charge is 2.19. The summed E-state index contributed by atoms with van der Waals surface area (Å²) in [6.07, 6.45) is 0. The van der Waals surface area contributed by atoms with Crippen molar-refractivity contribution >= 4 is 22.7 Å². The molecular weight excluding hydrogens is 488 g/mol. The number of rotatable bonds is 10. The fourth-order valence-corrected chi connectivity index (χ4v) is 5.05. The lowest BCUT2D eigenvalue weighted by Gasteiger charge is -2.28. The van der Waals surface area contributed by atoms with Crippen LogP contribution in [0.25, 0.3) is 10.9 Å². The summed E-state index contributed by atoms with van der Waals surface area (Å²) < 4.78 is 0. The smallest absolute Gasteiger partial charge is 0.228 e. The maximum absolute atomic E-state index is 5.33. The van der Waals surface area contributed by atoms with Crippen LogP contribution in [-0.2, 0) is 26.2 Å². The molecule has 4 nitrogen and oxygen atoms in total. The van der Waals surface area contributed by atoms with Crippen LogP contribution < -0.4 is 9.80 Å². The van der Waals surface area contributed by atoms with Crippen LogP contribution >= 0.6 is 0 Å². The van der Waals surface area contributed by atoms with Crippen molar-refractivity contribution in [2.24, 2.45) is 0 Å². The molecule has 0 aliphatic carbocycles. The summed E-state index contributed by atoms with van der Waals surface area (Å²) in [6.45, 7) is 2.91. The van der Waals surface area contributed by atoms with Crippen LogP contribution in [0.2, 0.25) is 0 Å². The highest BCUT2D eigenvalue weighted by molar-refractivity contribution is 5.90. The van der Waals surface area contributed by atoms with Crippen LogP contribution in [0.5, 0.6) is 0 Å². The molecule has 6 aromatic rings. The molecule has 0 fully saturated rings. The van der Waals surface area contributed by atoms with Gasteiger partial charge >= 0.3 is 0 Å². The van der Waals surface area contributed by atoms with E-state index in [9.17, 15) is 0 Å². The van der Waals surface area contributed by atoms with Crippen LogP contribution in [0.15, 0.2) is 146 Å². The lowest BCUT2D eigenvalue weighted by Crippen LogP contribution is -2.27. The molecule has 6 rings (SSSR count). The third kappa shape index (κ3) is 6.19. The maximum atomic E-state index is 5.33. The minimum Gasteiger partial charge on any atom is -0.347 e. The van der Waals surface area contributed by atoms with Gasteiger partial charge in [-0.1, -0.05) is 133 Å². The molecule has 0 spiro atoms. The SMILES string of the molecule is c1ccc(CN(Cc2ccccc2)c2nc(N(Cc3ccccc3)Cc3ccccc3)c3ccccc3n2)cc1. The Morgan fingerprint density at radius 1 is 0.375 bits per heavy atom. The largest absolute Gasteiger partial charge is 0.347 e. The van der Waals surface area contributed by atoms with Crippen molar-refractivity contribution in [1.82, 2.24) is 9.97 Å². The van der Waals surface area contributed by atoms with E-state index in [1.165, 1.54) is 22.3 Å². The van der Waals surface area contributed by atoms with Crippen molar-refractivity contribution in [2.45, 2.75) is 26.2 Å². The van der Waals surface area contributed by atoms with E-state index >= 15 is 0 Å². The summed E-state index contributed by atoms with van der Waals surface area (Å²) in [4.78, 5) is 15.1. The van der Waals surface area contributed by atoms with Gasteiger partial charge in [-0.25, -0.2) is 4.98 Å². The van der Waals surface area contributed by atoms with Gasteiger partial charge in [0.25, 0.3) is 0 Å².